The van der Waals surface area contributed by atoms with Crippen LogP contribution in [0, 0.1) is 0 Å². The van der Waals surface area contributed by atoms with Crippen molar-refractivity contribution in [3.63, 3.8) is 0 Å². The van der Waals surface area contributed by atoms with E-state index in [1.54, 1.807) is 6.01 Å². The first-order valence-corrected chi connectivity index (χ1v) is 0.894. The summed E-state index contributed by atoms with van der Waals surface area (Å²) < 4.78 is 0. The van der Waals surface area contributed by atoms with E-state index >= 15 is 0 Å². The van der Waals surface area contributed by atoms with Gasteiger partial charge in [0, 0.05) is 20.4 Å². The van der Waals surface area contributed by atoms with Gasteiger partial charge in [-0.1, -0.05) is 7.05 Å². The molecule has 0 aromatic carbocycles. The van der Waals surface area contributed by atoms with Gasteiger partial charge in [-0.3, -0.25) is 0 Å². The van der Waals surface area contributed by atoms with E-state index in [0.717, 1.165) is 0 Å². The van der Waals surface area contributed by atoms with Crippen LogP contribution in [0.4, 0.5) is 0 Å². The molecule has 1 radical (unpaired) electrons. The van der Waals surface area contributed by atoms with Crippen molar-refractivity contribution < 1.29 is 20.4 Å². The molecule has 0 rings (SSSR count). The monoisotopic (exact) mass is 242 g/mol. The van der Waals surface area contributed by atoms with Gasteiger partial charge in [-0.2, -0.15) is 6.01 Å². The Morgan fingerprint density at radius 3 is 2.00 bits per heavy atom. The Hall–Kier alpha value is 0.0423. The second kappa shape index (κ2) is 8.97. The Labute approximate surface area is 44.5 Å². The van der Waals surface area contributed by atoms with Crippen LogP contribution < -0.4 is 0 Å². The summed E-state index contributed by atoms with van der Waals surface area (Å²) in [5.74, 6) is 0. The van der Waals surface area contributed by atoms with Crippen molar-refractivity contribution in [3.05, 3.63) is 5.41 Å². The first-order chi connectivity index (χ1) is 1.91. The molecule has 0 spiro atoms. The maximum atomic E-state index is 7.46. The van der Waals surface area contributed by atoms with Crippen LogP contribution in [0.15, 0.2) is 4.99 Å². The summed E-state index contributed by atoms with van der Waals surface area (Å²) in [6.45, 7) is 0. The molecule has 0 saturated carbocycles. The van der Waals surface area contributed by atoms with E-state index in [2.05, 4.69) is 4.99 Å². The maximum Gasteiger partial charge on any atom is 0 e. The topological polar surface area (TPSA) is 34.7 Å². The molecular weight excluding hydrogens is 238 g/mol. The Balaban J connectivity index is 0. The van der Waals surface area contributed by atoms with Crippen LogP contribution in [0.2, 0.25) is 0 Å². The van der Waals surface area contributed by atoms with Crippen LogP contribution in [0.1, 0.15) is 0 Å². The molecule has 0 unspecified atom stereocenters. The zero-order chi connectivity index (χ0) is 3.41. The normalized spacial score (nSPS) is 3.40. The van der Waals surface area contributed by atoms with E-state index in [4.69, 9.17) is 5.41 Å². The van der Waals surface area contributed by atoms with Gasteiger partial charge in [0.05, 0.1) is 0 Å². The molecular formula is C2H3N2Re-. The van der Waals surface area contributed by atoms with Gasteiger partial charge in [-0.05, 0) is 0 Å². The minimum atomic E-state index is 0. The predicted molar refractivity (Wildman–Crippen MR) is 16.7 cm³/mol. The maximum absolute atomic E-state index is 7.46. The summed E-state index contributed by atoms with van der Waals surface area (Å²) in [5.41, 5.74) is 0. The third-order valence-corrected chi connectivity index (χ3v) is 0.100. The van der Waals surface area contributed by atoms with Gasteiger partial charge in [0.25, 0.3) is 0 Å². The Bertz CT molecular complexity index is 45.6. The Kier molecular flexibility index (Phi) is 16.0. The third-order valence-electron chi connectivity index (χ3n) is 0.100. The zero-order valence-electron chi connectivity index (χ0n) is 2.77. The minimum absolute atomic E-state index is 0. The standard InChI is InChI=1S/C2H3N2.Re/c1-4-2-3;/h1H3;/q-1;. The van der Waals surface area contributed by atoms with Crippen molar-refractivity contribution in [1.29, 1.82) is 0 Å². The molecule has 0 saturated heterocycles. The molecule has 0 aromatic heterocycles. The van der Waals surface area contributed by atoms with Gasteiger partial charge in [0.2, 0.25) is 0 Å². The molecule has 0 amide bonds. The molecule has 0 bridgehead atoms. The molecule has 0 aliphatic heterocycles. The molecule has 3 heteroatoms. The first-order valence-electron chi connectivity index (χ1n) is 0.894. The molecule has 0 aliphatic carbocycles. The van der Waals surface area contributed by atoms with Gasteiger partial charge in [-0.15, -0.1) is 0 Å². The Morgan fingerprint density at radius 1 is 1.80 bits per heavy atom. The molecule has 29 valence electrons. The number of rotatable bonds is 0. The number of aliphatic imine (C=N–C) groups is 1. The average molecular weight is 241 g/mol. The smallest absolute Gasteiger partial charge is 0 e. The number of nitrogens with zero attached hydrogens (tertiary/aromatic N) is 2. The van der Waals surface area contributed by atoms with Crippen LogP contribution in [-0.4, -0.2) is 13.1 Å². The number of hydrogen-bond donors (Lipinski definition) is 0. The predicted octanol–water partition coefficient (Wildman–Crippen LogP) is 0.357. The SMILES string of the molecule is CN=C=[N-].[Re]. The van der Waals surface area contributed by atoms with Gasteiger partial charge in [-0.25, -0.2) is 0 Å². The molecule has 0 fully saturated rings. The largest absolute Gasteiger partial charge is 0.434 e. The molecule has 0 atom stereocenters. The number of hydrogen-bond acceptors (Lipinski definition) is 1. The van der Waals surface area contributed by atoms with E-state index in [1.807, 2.05) is 0 Å². The van der Waals surface area contributed by atoms with Gasteiger partial charge >= 0.3 is 0 Å². The fourth-order valence-electron chi connectivity index (χ4n) is 0. The summed E-state index contributed by atoms with van der Waals surface area (Å²) >= 11 is 0. The van der Waals surface area contributed by atoms with Crippen LogP contribution in [-0.2, 0) is 20.4 Å². The van der Waals surface area contributed by atoms with E-state index in [-0.39, 0.29) is 20.4 Å². The summed E-state index contributed by atoms with van der Waals surface area (Å²) in [6.07, 6.45) is 0. The van der Waals surface area contributed by atoms with E-state index in [0.29, 0.717) is 0 Å². The van der Waals surface area contributed by atoms with E-state index in [9.17, 15) is 0 Å². The molecule has 5 heavy (non-hydrogen) atoms. The quantitative estimate of drug-likeness (QED) is 0.549. The fraction of sp³-hybridized carbons (Fsp3) is 0.500. The second-order valence-electron chi connectivity index (χ2n) is 0.324. The third kappa shape index (κ3) is 15.5. The Morgan fingerprint density at radius 2 is 2.00 bits per heavy atom. The van der Waals surface area contributed by atoms with Crippen LogP contribution >= 0.6 is 0 Å². The summed E-state index contributed by atoms with van der Waals surface area (Å²) in [6, 6.07) is 1.56. The molecule has 2 nitrogen and oxygen atoms in total. The van der Waals surface area contributed by atoms with Crippen LogP contribution in [0.3, 0.4) is 0 Å². The summed E-state index contributed by atoms with van der Waals surface area (Å²) in [5, 5.41) is 7.46. The van der Waals surface area contributed by atoms with Crippen molar-refractivity contribution in [2.45, 2.75) is 0 Å². The van der Waals surface area contributed by atoms with Crippen molar-refractivity contribution >= 4 is 6.01 Å². The van der Waals surface area contributed by atoms with Crippen molar-refractivity contribution in [3.8, 4) is 0 Å². The second-order valence-corrected chi connectivity index (χ2v) is 0.324. The van der Waals surface area contributed by atoms with Crippen molar-refractivity contribution in [2.24, 2.45) is 4.99 Å². The molecule has 0 heterocycles. The molecule has 0 aromatic rings. The van der Waals surface area contributed by atoms with Crippen LogP contribution in [0.25, 0.3) is 5.41 Å². The molecule has 0 aliphatic rings. The van der Waals surface area contributed by atoms with E-state index < -0.39 is 0 Å². The minimum Gasteiger partial charge on any atom is -0.434 e. The molecule has 0 N–H and O–H groups in total. The van der Waals surface area contributed by atoms with Crippen molar-refractivity contribution in [1.82, 2.24) is 0 Å². The summed E-state index contributed by atoms with van der Waals surface area (Å²) in [7, 11) is 1.44. The zero-order valence-corrected chi connectivity index (χ0v) is 5.49. The van der Waals surface area contributed by atoms with Gasteiger partial charge < -0.3 is 10.4 Å². The summed E-state index contributed by atoms with van der Waals surface area (Å²) in [4.78, 5) is 3.04. The first kappa shape index (κ1) is 8.90. The average Bonchev–Trinajstić information content (AvgIpc) is 1.37. The van der Waals surface area contributed by atoms with Crippen LogP contribution in [0.5, 0.6) is 0 Å². The van der Waals surface area contributed by atoms with Crippen molar-refractivity contribution in [2.75, 3.05) is 7.05 Å². The fourth-order valence-corrected chi connectivity index (χ4v) is 0. The van der Waals surface area contributed by atoms with E-state index in [1.165, 1.54) is 7.05 Å². The van der Waals surface area contributed by atoms with Gasteiger partial charge in [0.15, 0.2) is 0 Å². The van der Waals surface area contributed by atoms with Gasteiger partial charge in [0.1, 0.15) is 0 Å².